The van der Waals surface area contributed by atoms with Crippen LogP contribution in [0.15, 0.2) is 20.4 Å². The summed E-state index contributed by atoms with van der Waals surface area (Å²) in [6.45, 7) is 1.90. The van der Waals surface area contributed by atoms with Crippen molar-refractivity contribution < 1.29 is 0 Å². The average molecular weight is 349 g/mol. The molecule has 0 amide bonds. The van der Waals surface area contributed by atoms with Crippen LogP contribution in [0.2, 0.25) is 0 Å². The van der Waals surface area contributed by atoms with Crippen molar-refractivity contribution in [2.24, 2.45) is 0 Å². The molecule has 0 bridgehead atoms. The summed E-state index contributed by atoms with van der Waals surface area (Å²) in [4.78, 5) is 9.61. The van der Waals surface area contributed by atoms with Crippen LogP contribution >= 0.6 is 43.2 Å². The third-order valence-electron chi connectivity index (χ3n) is 1.86. The highest BCUT2D eigenvalue weighted by Gasteiger charge is 2.11. The number of anilines is 1. The first-order valence-corrected chi connectivity index (χ1v) is 6.59. The molecule has 3 nitrogen and oxygen atoms in total. The van der Waals surface area contributed by atoms with Crippen molar-refractivity contribution in [2.45, 2.75) is 6.92 Å². The molecule has 2 heterocycles. The van der Waals surface area contributed by atoms with Gasteiger partial charge >= 0.3 is 0 Å². The van der Waals surface area contributed by atoms with Gasteiger partial charge in [-0.25, -0.2) is 9.97 Å². The number of rotatable bonds is 1. The zero-order valence-corrected chi connectivity index (χ0v) is 11.8. The number of thiophene rings is 1. The average Bonchev–Trinajstić information content (AvgIpc) is 2.60. The Morgan fingerprint density at radius 2 is 2.07 bits per heavy atom. The summed E-state index contributed by atoms with van der Waals surface area (Å²) in [6.07, 6.45) is 0. The summed E-state index contributed by atoms with van der Waals surface area (Å²) in [5, 5.41) is 1.98. The highest BCUT2D eigenvalue weighted by molar-refractivity contribution is 9.11. The summed E-state index contributed by atoms with van der Waals surface area (Å²) < 4.78 is 1.76. The number of aryl methyl sites for hydroxylation is 1. The van der Waals surface area contributed by atoms with E-state index in [0.29, 0.717) is 11.6 Å². The first kappa shape index (κ1) is 11.0. The molecule has 0 unspecified atom stereocenters. The van der Waals surface area contributed by atoms with Crippen LogP contribution in [0.3, 0.4) is 0 Å². The molecule has 0 saturated carbocycles. The number of hydrogen-bond acceptors (Lipinski definition) is 4. The first-order chi connectivity index (χ1) is 7.09. The van der Waals surface area contributed by atoms with Crippen LogP contribution in [0.1, 0.15) is 5.69 Å². The van der Waals surface area contributed by atoms with Gasteiger partial charge in [-0.05, 0) is 50.2 Å². The largest absolute Gasteiger partial charge is 0.383 e. The summed E-state index contributed by atoms with van der Waals surface area (Å²) in [7, 11) is 0. The van der Waals surface area contributed by atoms with Crippen LogP contribution in [0, 0.1) is 6.92 Å². The van der Waals surface area contributed by atoms with Gasteiger partial charge in [-0.3, -0.25) is 0 Å². The third-order valence-corrected chi connectivity index (χ3v) is 4.68. The van der Waals surface area contributed by atoms with E-state index in [4.69, 9.17) is 5.73 Å². The Bertz CT molecular complexity index is 487. The fourth-order valence-electron chi connectivity index (χ4n) is 1.14. The first-order valence-electron chi connectivity index (χ1n) is 4.12. The molecule has 0 fully saturated rings. The van der Waals surface area contributed by atoms with E-state index in [2.05, 4.69) is 41.8 Å². The Morgan fingerprint density at radius 1 is 1.33 bits per heavy atom. The molecule has 15 heavy (non-hydrogen) atoms. The molecule has 0 atom stereocenters. The lowest BCUT2D eigenvalue weighted by atomic mass is 10.4. The van der Waals surface area contributed by atoms with Crippen LogP contribution < -0.4 is 5.73 Å². The molecule has 0 aliphatic carbocycles. The van der Waals surface area contributed by atoms with E-state index in [1.165, 1.54) is 0 Å². The Balaban J connectivity index is 2.60. The van der Waals surface area contributed by atoms with Crippen molar-refractivity contribution in [3.8, 4) is 10.7 Å². The number of aromatic nitrogens is 2. The van der Waals surface area contributed by atoms with Gasteiger partial charge in [0.15, 0.2) is 5.82 Å². The van der Waals surface area contributed by atoms with E-state index in [1.807, 2.05) is 18.4 Å². The van der Waals surface area contributed by atoms with Gasteiger partial charge in [-0.1, -0.05) is 0 Å². The van der Waals surface area contributed by atoms with Gasteiger partial charge in [-0.15, -0.1) is 11.3 Å². The van der Waals surface area contributed by atoms with Crippen molar-refractivity contribution in [1.82, 2.24) is 9.97 Å². The number of nitrogens with two attached hydrogens (primary N) is 1. The van der Waals surface area contributed by atoms with Gasteiger partial charge in [0, 0.05) is 4.47 Å². The van der Waals surface area contributed by atoms with E-state index >= 15 is 0 Å². The van der Waals surface area contributed by atoms with Crippen molar-refractivity contribution in [1.29, 1.82) is 0 Å². The molecule has 2 aromatic rings. The standard InChI is InChI=1S/C9H7Br2N3S/c1-4-6(11)8(12)14-9(13-4)7-5(10)2-3-15-7/h2-3H,1H3,(H2,12,13,14). The quantitative estimate of drug-likeness (QED) is 0.856. The zero-order valence-electron chi connectivity index (χ0n) is 7.79. The SMILES string of the molecule is Cc1nc(-c2sccc2Br)nc(N)c1Br. The third kappa shape index (κ3) is 2.07. The second kappa shape index (κ2) is 4.19. The Morgan fingerprint density at radius 3 is 2.60 bits per heavy atom. The summed E-state index contributed by atoms with van der Waals surface area (Å²) in [6, 6.07) is 1.97. The molecule has 2 N–H and O–H groups in total. The predicted octanol–water partition coefficient (Wildman–Crippen LogP) is 3.62. The monoisotopic (exact) mass is 347 g/mol. The molecule has 6 heteroatoms. The fourth-order valence-corrected chi connectivity index (χ4v) is 2.80. The van der Waals surface area contributed by atoms with Gasteiger partial charge in [0.2, 0.25) is 0 Å². The van der Waals surface area contributed by atoms with Crippen LogP contribution in [-0.4, -0.2) is 9.97 Å². The fraction of sp³-hybridized carbons (Fsp3) is 0.111. The Hall–Kier alpha value is -0.460. The minimum Gasteiger partial charge on any atom is -0.383 e. The number of nitrogen functional groups attached to an aromatic ring is 1. The van der Waals surface area contributed by atoms with Gasteiger partial charge < -0.3 is 5.73 Å². The molecule has 0 aliphatic rings. The molecular formula is C9H7Br2N3S. The van der Waals surface area contributed by atoms with E-state index in [9.17, 15) is 0 Å². The lowest BCUT2D eigenvalue weighted by Gasteiger charge is -2.04. The number of nitrogens with zero attached hydrogens (tertiary/aromatic N) is 2. The second-order valence-corrected chi connectivity index (χ2v) is 5.49. The zero-order chi connectivity index (χ0) is 11.0. The molecular weight excluding hydrogens is 342 g/mol. The lowest BCUT2D eigenvalue weighted by molar-refractivity contribution is 1.11. The summed E-state index contributed by atoms with van der Waals surface area (Å²) in [5.74, 6) is 1.13. The van der Waals surface area contributed by atoms with E-state index in [-0.39, 0.29) is 0 Å². The molecule has 2 aromatic heterocycles. The molecule has 2 rings (SSSR count). The van der Waals surface area contributed by atoms with Gasteiger partial charge in [0.1, 0.15) is 5.82 Å². The van der Waals surface area contributed by atoms with Gasteiger partial charge in [0.25, 0.3) is 0 Å². The second-order valence-electron chi connectivity index (χ2n) is 2.93. The van der Waals surface area contributed by atoms with Crippen LogP contribution in [0.4, 0.5) is 5.82 Å². The van der Waals surface area contributed by atoms with Gasteiger partial charge in [0.05, 0.1) is 15.0 Å². The topological polar surface area (TPSA) is 51.8 Å². The van der Waals surface area contributed by atoms with E-state index in [0.717, 1.165) is 19.5 Å². The Kier molecular flexibility index (Phi) is 3.08. The molecule has 78 valence electrons. The van der Waals surface area contributed by atoms with Gasteiger partial charge in [-0.2, -0.15) is 0 Å². The minimum atomic E-state index is 0.470. The lowest BCUT2D eigenvalue weighted by Crippen LogP contribution is -1.99. The smallest absolute Gasteiger partial charge is 0.173 e. The van der Waals surface area contributed by atoms with Crippen molar-refractivity contribution >= 4 is 49.0 Å². The van der Waals surface area contributed by atoms with Crippen LogP contribution in [-0.2, 0) is 0 Å². The minimum absolute atomic E-state index is 0.470. The summed E-state index contributed by atoms with van der Waals surface area (Å²) in [5.41, 5.74) is 6.61. The highest BCUT2D eigenvalue weighted by Crippen LogP contribution is 2.33. The molecule has 0 radical (unpaired) electrons. The van der Waals surface area contributed by atoms with Crippen molar-refractivity contribution in [3.63, 3.8) is 0 Å². The van der Waals surface area contributed by atoms with Crippen molar-refractivity contribution in [3.05, 3.63) is 26.1 Å². The molecule has 0 spiro atoms. The Labute approximate surface area is 108 Å². The molecule has 0 saturated heterocycles. The van der Waals surface area contributed by atoms with Crippen molar-refractivity contribution in [2.75, 3.05) is 5.73 Å². The molecule has 0 aromatic carbocycles. The molecule has 0 aliphatic heterocycles. The normalized spacial score (nSPS) is 10.6. The van der Waals surface area contributed by atoms with Crippen LogP contribution in [0.25, 0.3) is 10.7 Å². The summed E-state index contributed by atoms with van der Waals surface area (Å²) >= 11 is 8.37. The van der Waals surface area contributed by atoms with E-state index < -0.39 is 0 Å². The van der Waals surface area contributed by atoms with Crippen LogP contribution in [0.5, 0.6) is 0 Å². The highest BCUT2D eigenvalue weighted by atomic mass is 79.9. The maximum Gasteiger partial charge on any atom is 0.173 e. The predicted molar refractivity (Wildman–Crippen MR) is 69.9 cm³/mol. The maximum atomic E-state index is 5.77. The van der Waals surface area contributed by atoms with E-state index in [1.54, 1.807) is 11.3 Å². The maximum absolute atomic E-state index is 5.77. The number of halogens is 2. The number of hydrogen-bond donors (Lipinski definition) is 1.